The molecule has 0 saturated carbocycles. The zero-order chi connectivity index (χ0) is 14.0. The second kappa shape index (κ2) is 5.48. The molecule has 0 saturated heterocycles. The lowest BCUT2D eigenvalue weighted by molar-refractivity contribution is 0.582. The summed E-state index contributed by atoms with van der Waals surface area (Å²) in [5, 5.41) is 7.40. The molecule has 0 aliphatic heterocycles. The molecule has 1 aromatic heterocycles. The molecular formula is C14H17F2N3. The lowest BCUT2D eigenvalue weighted by Crippen LogP contribution is -2.22. The Morgan fingerprint density at radius 3 is 2.47 bits per heavy atom. The number of aromatic nitrogens is 2. The highest BCUT2D eigenvalue weighted by Gasteiger charge is 2.18. The van der Waals surface area contributed by atoms with E-state index in [4.69, 9.17) is 0 Å². The summed E-state index contributed by atoms with van der Waals surface area (Å²) in [6.45, 7) is 4.55. The van der Waals surface area contributed by atoms with Crippen molar-refractivity contribution in [1.29, 1.82) is 0 Å². The van der Waals surface area contributed by atoms with E-state index in [-0.39, 0.29) is 5.56 Å². The molecule has 1 heterocycles. The van der Waals surface area contributed by atoms with Crippen molar-refractivity contribution in [3.63, 3.8) is 0 Å². The number of benzene rings is 1. The fourth-order valence-electron chi connectivity index (χ4n) is 1.92. The molecule has 0 atom stereocenters. The van der Waals surface area contributed by atoms with Gasteiger partial charge in [-0.05, 0) is 12.1 Å². The van der Waals surface area contributed by atoms with Gasteiger partial charge < -0.3 is 5.32 Å². The third-order valence-corrected chi connectivity index (χ3v) is 2.80. The van der Waals surface area contributed by atoms with Crippen LogP contribution in [-0.2, 0) is 13.6 Å². The lowest BCUT2D eigenvalue weighted by atomic mass is 10.1. The number of hydrogen-bond donors (Lipinski definition) is 1. The van der Waals surface area contributed by atoms with E-state index in [1.807, 2.05) is 13.8 Å². The maximum atomic E-state index is 13.8. The van der Waals surface area contributed by atoms with E-state index in [1.54, 1.807) is 17.9 Å². The van der Waals surface area contributed by atoms with Gasteiger partial charge >= 0.3 is 0 Å². The summed E-state index contributed by atoms with van der Waals surface area (Å²) in [6, 6.07) is 4.13. The van der Waals surface area contributed by atoms with Crippen LogP contribution >= 0.6 is 0 Å². The molecule has 2 rings (SSSR count). The first-order valence-corrected chi connectivity index (χ1v) is 6.19. The van der Waals surface area contributed by atoms with Crippen LogP contribution in [0.1, 0.15) is 19.4 Å². The Morgan fingerprint density at radius 2 is 1.89 bits per heavy atom. The van der Waals surface area contributed by atoms with E-state index >= 15 is 0 Å². The minimum atomic E-state index is -0.593. The van der Waals surface area contributed by atoms with E-state index in [0.29, 0.717) is 18.3 Å². The van der Waals surface area contributed by atoms with E-state index in [9.17, 15) is 8.78 Å². The van der Waals surface area contributed by atoms with Gasteiger partial charge in [-0.25, -0.2) is 8.78 Å². The molecule has 102 valence electrons. The van der Waals surface area contributed by atoms with E-state index in [1.165, 1.54) is 18.2 Å². The smallest absolute Gasteiger partial charge is 0.135 e. The fourth-order valence-corrected chi connectivity index (χ4v) is 1.92. The maximum Gasteiger partial charge on any atom is 0.135 e. The van der Waals surface area contributed by atoms with Gasteiger partial charge in [-0.15, -0.1) is 0 Å². The molecule has 0 unspecified atom stereocenters. The molecule has 0 spiro atoms. The highest BCUT2D eigenvalue weighted by atomic mass is 19.1. The van der Waals surface area contributed by atoms with Crippen molar-refractivity contribution in [2.75, 3.05) is 0 Å². The Bertz CT molecular complexity index is 556. The van der Waals surface area contributed by atoms with Gasteiger partial charge in [0.1, 0.15) is 17.3 Å². The van der Waals surface area contributed by atoms with Gasteiger partial charge in [0.2, 0.25) is 0 Å². The predicted octanol–water partition coefficient (Wildman–Crippen LogP) is 2.86. The van der Waals surface area contributed by atoms with Crippen LogP contribution < -0.4 is 5.32 Å². The zero-order valence-corrected chi connectivity index (χ0v) is 11.2. The highest BCUT2D eigenvalue weighted by Crippen LogP contribution is 2.27. The Balaban J connectivity index is 2.44. The monoisotopic (exact) mass is 265 g/mol. The Hall–Kier alpha value is -1.75. The van der Waals surface area contributed by atoms with Gasteiger partial charge in [0.15, 0.2) is 0 Å². The van der Waals surface area contributed by atoms with Crippen LogP contribution in [0.4, 0.5) is 8.78 Å². The van der Waals surface area contributed by atoms with Crippen molar-refractivity contribution in [1.82, 2.24) is 15.1 Å². The molecule has 5 heteroatoms. The molecule has 0 bridgehead atoms. The first-order chi connectivity index (χ1) is 8.99. The standard InChI is InChI=1S/C14H17F2N3/c1-9(2)17-7-10-8-19(3)18-14(10)13-11(15)5-4-6-12(13)16/h4-6,8-9,17H,7H2,1-3H3. The molecule has 0 aliphatic carbocycles. The molecule has 3 nitrogen and oxygen atoms in total. The zero-order valence-electron chi connectivity index (χ0n) is 11.2. The van der Waals surface area contributed by atoms with Crippen LogP contribution in [0, 0.1) is 11.6 Å². The van der Waals surface area contributed by atoms with Crippen LogP contribution in [0.25, 0.3) is 11.3 Å². The minimum Gasteiger partial charge on any atom is -0.310 e. The molecular weight excluding hydrogens is 248 g/mol. The van der Waals surface area contributed by atoms with Crippen LogP contribution in [0.2, 0.25) is 0 Å². The second-order valence-electron chi connectivity index (χ2n) is 4.81. The van der Waals surface area contributed by atoms with E-state index in [0.717, 1.165) is 5.56 Å². The molecule has 19 heavy (non-hydrogen) atoms. The van der Waals surface area contributed by atoms with Gasteiger partial charge in [0.25, 0.3) is 0 Å². The molecule has 1 N–H and O–H groups in total. The maximum absolute atomic E-state index is 13.8. The molecule has 0 aliphatic rings. The quantitative estimate of drug-likeness (QED) is 0.921. The van der Waals surface area contributed by atoms with Crippen molar-refractivity contribution in [3.8, 4) is 11.3 Å². The summed E-state index contributed by atoms with van der Waals surface area (Å²) >= 11 is 0. The van der Waals surface area contributed by atoms with Gasteiger partial charge in [0.05, 0.1) is 5.56 Å². The third-order valence-electron chi connectivity index (χ3n) is 2.80. The Morgan fingerprint density at radius 1 is 1.26 bits per heavy atom. The number of nitrogens with one attached hydrogen (secondary N) is 1. The largest absolute Gasteiger partial charge is 0.310 e. The minimum absolute atomic E-state index is 0.0661. The summed E-state index contributed by atoms with van der Waals surface area (Å²) in [7, 11) is 1.74. The van der Waals surface area contributed by atoms with Gasteiger partial charge in [-0.1, -0.05) is 19.9 Å². The van der Waals surface area contributed by atoms with Gasteiger partial charge in [-0.2, -0.15) is 5.10 Å². The van der Waals surface area contributed by atoms with Crippen molar-refractivity contribution >= 4 is 0 Å². The van der Waals surface area contributed by atoms with Gasteiger partial charge in [-0.3, -0.25) is 4.68 Å². The predicted molar refractivity (Wildman–Crippen MR) is 70.5 cm³/mol. The highest BCUT2D eigenvalue weighted by molar-refractivity contribution is 5.64. The normalized spacial score (nSPS) is 11.3. The second-order valence-corrected chi connectivity index (χ2v) is 4.81. The number of halogens is 2. The first kappa shape index (κ1) is 13.7. The van der Waals surface area contributed by atoms with Crippen molar-refractivity contribution < 1.29 is 8.78 Å². The summed E-state index contributed by atoms with van der Waals surface area (Å²) in [5.41, 5.74) is 1.06. The van der Waals surface area contributed by atoms with Crippen molar-refractivity contribution in [3.05, 3.63) is 41.6 Å². The van der Waals surface area contributed by atoms with E-state index < -0.39 is 11.6 Å². The van der Waals surface area contributed by atoms with E-state index in [2.05, 4.69) is 10.4 Å². The van der Waals surface area contributed by atoms with Gasteiger partial charge in [0, 0.05) is 31.4 Å². The SMILES string of the molecule is CC(C)NCc1cn(C)nc1-c1c(F)cccc1F. The average Bonchev–Trinajstić information content (AvgIpc) is 2.67. The van der Waals surface area contributed by atoms with Crippen LogP contribution in [0.15, 0.2) is 24.4 Å². The Kier molecular flexibility index (Phi) is 3.95. The number of nitrogens with zero attached hydrogens (tertiary/aromatic N) is 2. The van der Waals surface area contributed by atoms with Crippen LogP contribution in [0.5, 0.6) is 0 Å². The number of hydrogen-bond acceptors (Lipinski definition) is 2. The molecule has 2 aromatic rings. The van der Waals surface area contributed by atoms with Crippen LogP contribution in [0.3, 0.4) is 0 Å². The first-order valence-electron chi connectivity index (χ1n) is 6.19. The third kappa shape index (κ3) is 2.98. The number of rotatable bonds is 4. The van der Waals surface area contributed by atoms with Crippen molar-refractivity contribution in [2.45, 2.75) is 26.4 Å². The molecule has 0 radical (unpaired) electrons. The summed E-state index contributed by atoms with van der Waals surface area (Å²) in [5.74, 6) is -1.19. The molecule has 0 fully saturated rings. The molecule has 1 aromatic carbocycles. The number of aryl methyl sites for hydroxylation is 1. The summed E-state index contributed by atoms with van der Waals surface area (Å²) in [6.07, 6.45) is 1.77. The van der Waals surface area contributed by atoms with Crippen LogP contribution in [-0.4, -0.2) is 15.8 Å². The fraction of sp³-hybridized carbons (Fsp3) is 0.357. The average molecular weight is 265 g/mol. The summed E-state index contributed by atoms with van der Waals surface area (Å²) in [4.78, 5) is 0. The van der Waals surface area contributed by atoms with Crippen molar-refractivity contribution in [2.24, 2.45) is 7.05 Å². The summed E-state index contributed by atoms with van der Waals surface area (Å²) < 4.78 is 29.2. The Labute approximate surface area is 111 Å². The lowest BCUT2D eigenvalue weighted by Gasteiger charge is -2.08. The molecule has 0 amide bonds. The topological polar surface area (TPSA) is 29.9 Å².